The van der Waals surface area contributed by atoms with Gasteiger partial charge in [0.05, 0.1) is 5.39 Å². The van der Waals surface area contributed by atoms with E-state index in [9.17, 15) is 12.9 Å². The van der Waals surface area contributed by atoms with E-state index in [-0.39, 0.29) is 67.5 Å². The number of rotatable bonds is 1. The summed E-state index contributed by atoms with van der Waals surface area (Å²) in [5.41, 5.74) is -0.908. The minimum atomic E-state index is -5.13. The molecule has 0 bridgehead atoms. The number of furan rings is 1. The zero-order valence-corrected chi connectivity index (χ0v) is 11.6. The molecule has 8 heteroatoms. The average Bonchev–Trinajstić information content (AvgIpc) is 2.48. The van der Waals surface area contributed by atoms with E-state index in [1.807, 2.05) is 0 Å². The van der Waals surface area contributed by atoms with Crippen LogP contribution in [0.3, 0.4) is 0 Å². The summed E-state index contributed by atoms with van der Waals surface area (Å²) in [6, 6.07) is 2.21. The van der Waals surface area contributed by atoms with Gasteiger partial charge in [0.2, 0.25) is 0 Å². The van der Waals surface area contributed by atoms with Gasteiger partial charge in [-0.3, -0.25) is 0 Å². The molecule has 0 aliphatic rings. The molecule has 0 fully saturated rings. The van der Waals surface area contributed by atoms with Crippen molar-refractivity contribution in [2.24, 2.45) is 0 Å². The topological polar surface area (TPSA) is 26.0 Å². The number of aromatic nitrogens is 1. The van der Waals surface area contributed by atoms with E-state index in [0.717, 1.165) is 6.07 Å². The maximum absolute atomic E-state index is 12.3. The van der Waals surface area contributed by atoms with Gasteiger partial charge in [0.25, 0.3) is 0 Å². The Morgan fingerprint density at radius 2 is 2.00 bits per heavy atom. The standard InChI is InChI=1S/C7H3BClF3NO.K/c9-7-4-3-6(8(10,11)12)14-5(4)1-2-13-7;/h1-3H;/q-1;+1. The van der Waals surface area contributed by atoms with Crippen LogP contribution in [0.2, 0.25) is 5.15 Å². The van der Waals surface area contributed by atoms with Gasteiger partial charge in [-0.15, -0.1) is 0 Å². The molecule has 0 aliphatic carbocycles. The molecule has 2 rings (SSSR count). The Balaban J connectivity index is 0.00000112. The number of nitrogens with zero attached hydrogens (tertiary/aromatic N) is 1. The van der Waals surface area contributed by atoms with Crippen LogP contribution in [0.4, 0.5) is 12.9 Å². The Labute approximate surface area is 131 Å². The van der Waals surface area contributed by atoms with Crippen LogP contribution >= 0.6 is 11.6 Å². The van der Waals surface area contributed by atoms with Crippen molar-refractivity contribution < 1.29 is 68.7 Å². The first kappa shape index (κ1) is 13.5. The van der Waals surface area contributed by atoms with Crippen molar-refractivity contribution in [2.45, 2.75) is 0 Å². The van der Waals surface area contributed by atoms with E-state index in [0.29, 0.717) is 0 Å². The van der Waals surface area contributed by atoms with Gasteiger partial charge in [-0.25, -0.2) is 4.98 Å². The van der Waals surface area contributed by atoms with Crippen LogP contribution in [-0.4, -0.2) is 12.0 Å². The van der Waals surface area contributed by atoms with E-state index >= 15 is 0 Å². The molecule has 0 saturated heterocycles. The maximum atomic E-state index is 12.3. The van der Waals surface area contributed by atoms with Gasteiger partial charge >= 0.3 is 58.4 Å². The number of pyridine rings is 1. The second-order valence-electron chi connectivity index (χ2n) is 2.74. The Morgan fingerprint density at radius 1 is 1.33 bits per heavy atom. The molecule has 0 atom stereocenters. The SMILES string of the molecule is F[B-](F)(F)c1cc2c(Cl)nccc2o1.[K+]. The van der Waals surface area contributed by atoms with Crippen molar-refractivity contribution in [1.82, 2.24) is 4.98 Å². The Hall–Kier alpha value is 0.471. The molecule has 2 heterocycles. The third-order valence-corrected chi connectivity index (χ3v) is 2.04. The minimum absolute atomic E-state index is 0. The molecule has 0 aromatic carbocycles. The van der Waals surface area contributed by atoms with Crippen LogP contribution in [0.25, 0.3) is 11.0 Å². The maximum Gasteiger partial charge on any atom is 1.00 e. The van der Waals surface area contributed by atoms with Crippen molar-refractivity contribution in [2.75, 3.05) is 0 Å². The first-order valence-electron chi connectivity index (χ1n) is 3.72. The van der Waals surface area contributed by atoms with E-state index in [4.69, 9.17) is 11.6 Å². The molecule has 15 heavy (non-hydrogen) atoms. The monoisotopic (exact) mass is 259 g/mol. The average molecular weight is 259 g/mol. The summed E-state index contributed by atoms with van der Waals surface area (Å²) in [6.45, 7) is -5.13. The molecule has 0 unspecified atom stereocenters. The van der Waals surface area contributed by atoms with Gasteiger partial charge in [0.15, 0.2) is 0 Å². The number of halogens is 4. The molecule has 2 nitrogen and oxygen atoms in total. The van der Waals surface area contributed by atoms with Crippen molar-refractivity contribution in [3.8, 4) is 0 Å². The van der Waals surface area contributed by atoms with Crippen molar-refractivity contribution in [1.29, 1.82) is 0 Å². The van der Waals surface area contributed by atoms with Gasteiger partial charge in [0.1, 0.15) is 10.7 Å². The smallest absolute Gasteiger partial charge is 0.493 e. The van der Waals surface area contributed by atoms with Crippen molar-refractivity contribution in [3.05, 3.63) is 23.5 Å². The van der Waals surface area contributed by atoms with Crippen molar-refractivity contribution in [3.63, 3.8) is 0 Å². The summed E-state index contributed by atoms with van der Waals surface area (Å²) in [5, 5.41) is 0.195. The third kappa shape index (κ3) is 2.78. The van der Waals surface area contributed by atoms with E-state index in [2.05, 4.69) is 9.40 Å². The molecular formula is C7H3BClF3KNO. The van der Waals surface area contributed by atoms with E-state index in [1.165, 1.54) is 12.3 Å². The van der Waals surface area contributed by atoms with Crippen LogP contribution < -0.4 is 57.0 Å². The fourth-order valence-electron chi connectivity index (χ4n) is 1.11. The molecule has 0 N–H and O–H groups in total. The summed E-state index contributed by atoms with van der Waals surface area (Å²) < 4.78 is 41.4. The van der Waals surface area contributed by atoms with Gasteiger partial charge in [-0.1, -0.05) is 11.6 Å². The predicted octanol–water partition coefficient (Wildman–Crippen LogP) is -0.460. The molecule has 74 valence electrons. The summed E-state index contributed by atoms with van der Waals surface area (Å²) in [6.07, 6.45) is 1.29. The Kier molecular flexibility index (Phi) is 4.30. The van der Waals surface area contributed by atoms with Gasteiger partial charge in [0, 0.05) is 11.9 Å². The van der Waals surface area contributed by atoms with Gasteiger partial charge in [-0.05, 0) is 12.1 Å². The fourth-order valence-corrected chi connectivity index (χ4v) is 1.32. The summed E-state index contributed by atoms with van der Waals surface area (Å²) in [5.74, 6) is 0. The Bertz CT molecular complexity index is 487. The molecule has 2 aromatic rings. The number of hydrogen-bond acceptors (Lipinski definition) is 2. The second kappa shape index (κ2) is 4.77. The Morgan fingerprint density at radius 3 is 2.53 bits per heavy atom. The van der Waals surface area contributed by atoms with Gasteiger partial charge < -0.3 is 17.4 Å². The van der Waals surface area contributed by atoms with Crippen LogP contribution in [0.5, 0.6) is 0 Å². The van der Waals surface area contributed by atoms with Crippen LogP contribution in [-0.2, 0) is 0 Å². The van der Waals surface area contributed by atoms with E-state index in [1.54, 1.807) is 0 Å². The minimum Gasteiger partial charge on any atom is -0.493 e. The molecule has 0 spiro atoms. The van der Waals surface area contributed by atoms with E-state index < -0.39 is 12.6 Å². The summed E-state index contributed by atoms with van der Waals surface area (Å²) in [7, 11) is 0. The normalized spacial score (nSPS) is 11.5. The van der Waals surface area contributed by atoms with Crippen LogP contribution in [0.1, 0.15) is 0 Å². The second-order valence-corrected chi connectivity index (χ2v) is 3.10. The molecular weight excluding hydrogens is 256 g/mol. The van der Waals surface area contributed by atoms with Gasteiger partial charge in [-0.2, -0.15) is 0 Å². The van der Waals surface area contributed by atoms with Crippen molar-refractivity contribution >= 4 is 35.2 Å². The zero-order valence-electron chi connectivity index (χ0n) is 7.68. The fraction of sp³-hybridized carbons (Fsp3) is 0. The molecule has 0 saturated carbocycles. The first-order valence-corrected chi connectivity index (χ1v) is 4.10. The number of fused-ring (bicyclic) bond motifs is 1. The summed E-state index contributed by atoms with van der Waals surface area (Å²) >= 11 is 5.59. The molecule has 0 aliphatic heterocycles. The molecule has 0 amide bonds. The molecule has 0 radical (unpaired) electrons. The van der Waals surface area contributed by atoms with Crippen LogP contribution in [0, 0.1) is 0 Å². The molecule has 2 aromatic heterocycles. The largest absolute Gasteiger partial charge is 1.00 e. The predicted molar refractivity (Wildman–Crippen MR) is 47.7 cm³/mol. The van der Waals surface area contributed by atoms with Crippen LogP contribution in [0.15, 0.2) is 22.7 Å². The number of hydrogen-bond donors (Lipinski definition) is 0. The third-order valence-electron chi connectivity index (χ3n) is 1.74. The quantitative estimate of drug-likeness (QED) is 0.512. The zero-order chi connectivity index (χ0) is 10.3. The summed E-state index contributed by atoms with van der Waals surface area (Å²) in [4.78, 5) is 3.65. The first-order chi connectivity index (χ1) is 6.48.